The maximum absolute atomic E-state index is 11.7. The second kappa shape index (κ2) is 5.54. The standard InChI is InChI=1S/C13H20N2O3/c1-9(2)17-8-11-4-5-12(18-11)15-7-10(3)6-14-13(15)16/h4-5,7,9,11-12H,6,8H2,1-3H3,(H,14,16)/t11-,12+/m0/s1. The minimum Gasteiger partial charge on any atom is -0.376 e. The van der Waals surface area contributed by atoms with Crippen molar-refractivity contribution in [2.75, 3.05) is 13.2 Å². The molecule has 2 aliphatic rings. The summed E-state index contributed by atoms with van der Waals surface area (Å²) in [5.74, 6) is 0. The molecule has 0 fully saturated rings. The third kappa shape index (κ3) is 3.11. The van der Waals surface area contributed by atoms with Crippen LogP contribution in [0.1, 0.15) is 20.8 Å². The van der Waals surface area contributed by atoms with Crippen molar-refractivity contribution in [2.24, 2.45) is 0 Å². The van der Waals surface area contributed by atoms with E-state index in [2.05, 4.69) is 5.32 Å². The molecule has 2 rings (SSSR count). The fraction of sp³-hybridized carbons (Fsp3) is 0.615. The van der Waals surface area contributed by atoms with Gasteiger partial charge in [0.2, 0.25) is 0 Å². The quantitative estimate of drug-likeness (QED) is 0.774. The molecule has 0 radical (unpaired) electrons. The summed E-state index contributed by atoms with van der Waals surface area (Å²) in [7, 11) is 0. The number of amides is 2. The van der Waals surface area contributed by atoms with E-state index >= 15 is 0 Å². The van der Waals surface area contributed by atoms with E-state index < -0.39 is 0 Å². The molecule has 0 bridgehead atoms. The van der Waals surface area contributed by atoms with Crippen LogP contribution in [0, 0.1) is 0 Å². The maximum atomic E-state index is 11.7. The monoisotopic (exact) mass is 252 g/mol. The summed E-state index contributed by atoms with van der Waals surface area (Å²) in [5, 5.41) is 2.80. The van der Waals surface area contributed by atoms with Crippen LogP contribution in [0.2, 0.25) is 0 Å². The normalized spacial score (nSPS) is 27.7. The first-order chi connectivity index (χ1) is 8.56. The second-order valence-corrected chi connectivity index (χ2v) is 4.87. The Bertz CT molecular complexity index is 376. The molecule has 2 heterocycles. The van der Waals surface area contributed by atoms with Gasteiger partial charge in [0, 0.05) is 12.7 Å². The van der Waals surface area contributed by atoms with Gasteiger partial charge in [0.05, 0.1) is 12.7 Å². The Kier molecular flexibility index (Phi) is 4.04. The van der Waals surface area contributed by atoms with E-state index in [1.807, 2.05) is 39.1 Å². The molecule has 0 spiro atoms. The molecule has 0 unspecified atom stereocenters. The minimum atomic E-state index is -0.332. The van der Waals surface area contributed by atoms with Gasteiger partial charge in [0.15, 0.2) is 6.23 Å². The Morgan fingerprint density at radius 1 is 1.56 bits per heavy atom. The molecule has 0 aliphatic carbocycles. The van der Waals surface area contributed by atoms with E-state index in [1.165, 1.54) is 0 Å². The smallest absolute Gasteiger partial charge is 0.324 e. The summed E-state index contributed by atoms with van der Waals surface area (Å²) < 4.78 is 11.3. The molecule has 2 amide bonds. The number of hydrogen-bond acceptors (Lipinski definition) is 3. The molecule has 2 atom stereocenters. The molecule has 2 aliphatic heterocycles. The lowest BCUT2D eigenvalue weighted by Crippen LogP contribution is -2.46. The number of ether oxygens (including phenoxy) is 2. The Morgan fingerprint density at radius 2 is 2.33 bits per heavy atom. The molecule has 100 valence electrons. The van der Waals surface area contributed by atoms with Gasteiger partial charge >= 0.3 is 6.03 Å². The lowest BCUT2D eigenvalue weighted by Gasteiger charge is -2.29. The number of nitrogens with one attached hydrogen (secondary N) is 1. The summed E-state index contributed by atoms with van der Waals surface area (Å²) in [6, 6.07) is -0.124. The van der Waals surface area contributed by atoms with Crippen molar-refractivity contribution < 1.29 is 14.3 Å². The van der Waals surface area contributed by atoms with Gasteiger partial charge in [0.25, 0.3) is 0 Å². The summed E-state index contributed by atoms with van der Waals surface area (Å²) in [6.07, 6.45) is 5.43. The van der Waals surface area contributed by atoms with Crippen molar-refractivity contribution in [3.05, 3.63) is 23.9 Å². The van der Waals surface area contributed by atoms with Crippen LogP contribution < -0.4 is 5.32 Å². The van der Waals surface area contributed by atoms with Crippen LogP contribution in [0.4, 0.5) is 4.79 Å². The van der Waals surface area contributed by atoms with Gasteiger partial charge in [-0.15, -0.1) is 0 Å². The molecule has 0 saturated carbocycles. The number of urea groups is 1. The van der Waals surface area contributed by atoms with Gasteiger partial charge in [0.1, 0.15) is 6.10 Å². The van der Waals surface area contributed by atoms with Gasteiger partial charge in [-0.05, 0) is 32.4 Å². The van der Waals surface area contributed by atoms with Gasteiger partial charge in [-0.2, -0.15) is 0 Å². The second-order valence-electron chi connectivity index (χ2n) is 4.87. The van der Waals surface area contributed by atoms with Crippen LogP contribution in [0.25, 0.3) is 0 Å². The van der Waals surface area contributed by atoms with E-state index in [0.29, 0.717) is 13.2 Å². The first-order valence-corrected chi connectivity index (χ1v) is 6.25. The number of hydrogen-bond donors (Lipinski definition) is 1. The third-order valence-corrected chi connectivity index (χ3v) is 2.79. The van der Waals surface area contributed by atoms with Crippen LogP contribution in [-0.2, 0) is 9.47 Å². The zero-order chi connectivity index (χ0) is 13.1. The Balaban J connectivity index is 1.91. The molecule has 5 heteroatoms. The Labute approximate surface area is 107 Å². The van der Waals surface area contributed by atoms with E-state index in [4.69, 9.17) is 9.47 Å². The van der Waals surface area contributed by atoms with Gasteiger partial charge < -0.3 is 14.8 Å². The fourth-order valence-corrected chi connectivity index (χ4v) is 1.87. The molecular weight excluding hydrogens is 232 g/mol. The summed E-state index contributed by atoms with van der Waals surface area (Å²) in [6.45, 7) is 7.07. The molecule has 0 aromatic heterocycles. The summed E-state index contributed by atoms with van der Waals surface area (Å²) in [5.41, 5.74) is 1.11. The van der Waals surface area contributed by atoms with Crippen LogP contribution in [-0.4, -0.2) is 42.5 Å². The predicted octanol–water partition coefficient (Wildman–Crippen LogP) is 1.62. The van der Waals surface area contributed by atoms with Crippen LogP contribution in [0.5, 0.6) is 0 Å². The van der Waals surface area contributed by atoms with E-state index in [-0.39, 0.29) is 24.5 Å². The van der Waals surface area contributed by atoms with Crippen molar-refractivity contribution in [2.45, 2.75) is 39.2 Å². The lowest BCUT2D eigenvalue weighted by molar-refractivity contribution is -0.0517. The number of nitrogens with zero attached hydrogens (tertiary/aromatic N) is 1. The zero-order valence-electron chi connectivity index (χ0n) is 11.1. The molecule has 1 N–H and O–H groups in total. The van der Waals surface area contributed by atoms with Crippen molar-refractivity contribution in [3.8, 4) is 0 Å². The molecule has 18 heavy (non-hydrogen) atoms. The predicted molar refractivity (Wildman–Crippen MR) is 67.9 cm³/mol. The third-order valence-electron chi connectivity index (χ3n) is 2.79. The minimum absolute atomic E-state index is 0.0826. The summed E-state index contributed by atoms with van der Waals surface area (Å²) in [4.78, 5) is 13.3. The lowest BCUT2D eigenvalue weighted by atomic mass is 10.3. The average molecular weight is 252 g/mol. The SMILES string of the molecule is CC1=CN([C@H]2C=C[C@@H](COC(C)C)O2)C(=O)NC1. The maximum Gasteiger partial charge on any atom is 0.324 e. The van der Waals surface area contributed by atoms with Crippen LogP contribution >= 0.6 is 0 Å². The van der Waals surface area contributed by atoms with Gasteiger partial charge in [-0.25, -0.2) is 4.79 Å². The highest BCUT2D eigenvalue weighted by molar-refractivity contribution is 5.77. The number of carbonyl (C=O) groups excluding carboxylic acids is 1. The van der Waals surface area contributed by atoms with Crippen molar-refractivity contribution >= 4 is 6.03 Å². The Hall–Kier alpha value is -1.33. The molecule has 0 aromatic carbocycles. The molecule has 5 nitrogen and oxygen atoms in total. The first kappa shape index (κ1) is 13.1. The largest absolute Gasteiger partial charge is 0.376 e. The molecular formula is C13H20N2O3. The topological polar surface area (TPSA) is 50.8 Å². The van der Waals surface area contributed by atoms with Gasteiger partial charge in [-0.3, -0.25) is 4.90 Å². The van der Waals surface area contributed by atoms with Crippen molar-refractivity contribution in [1.29, 1.82) is 0 Å². The first-order valence-electron chi connectivity index (χ1n) is 6.25. The van der Waals surface area contributed by atoms with Gasteiger partial charge in [-0.1, -0.05) is 6.08 Å². The molecule has 0 aromatic rings. The van der Waals surface area contributed by atoms with Crippen LogP contribution in [0.15, 0.2) is 23.9 Å². The highest BCUT2D eigenvalue weighted by atomic mass is 16.6. The summed E-state index contributed by atoms with van der Waals surface area (Å²) >= 11 is 0. The van der Waals surface area contributed by atoms with Crippen molar-refractivity contribution in [3.63, 3.8) is 0 Å². The highest BCUT2D eigenvalue weighted by Gasteiger charge is 2.29. The van der Waals surface area contributed by atoms with E-state index in [0.717, 1.165) is 5.57 Å². The Morgan fingerprint density at radius 3 is 3.06 bits per heavy atom. The fourth-order valence-electron chi connectivity index (χ4n) is 1.87. The number of carbonyl (C=O) groups is 1. The van der Waals surface area contributed by atoms with E-state index in [9.17, 15) is 4.79 Å². The van der Waals surface area contributed by atoms with E-state index in [1.54, 1.807) is 4.90 Å². The molecule has 0 saturated heterocycles. The van der Waals surface area contributed by atoms with Crippen LogP contribution in [0.3, 0.4) is 0 Å². The number of rotatable bonds is 4. The van der Waals surface area contributed by atoms with Crippen molar-refractivity contribution in [1.82, 2.24) is 10.2 Å². The zero-order valence-corrected chi connectivity index (χ0v) is 11.1. The average Bonchev–Trinajstić information content (AvgIpc) is 2.78. The highest BCUT2D eigenvalue weighted by Crippen LogP contribution is 2.19.